The highest BCUT2D eigenvalue weighted by atomic mass is 79.9. The van der Waals surface area contributed by atoms with Gasteiger partial charge in [0.25, 0.3) is 0 Å². The monoisotopic (exact) mass is 409 g/mol. The molecular weight excluding hydrogens is 394 g/mol. The number of anilines is 1. The van der Waals surface area contributed by atoms with Crippen molar-refractivity contribution in [3.8, 4) is 0 Å². The maximum atomic E-state index is 12.4. The number of carbonyl (C=O) groups is 1. The zero-order valence-electron chi connectivity index (χ0n) is 11.9. The van der Waals surface area contributed by atoms with Crippen molar-refractivity contribution in [2.45, 2.75) is 23.5 Å². The van der Waals surface area contributed by atoms with Gasteiger partial charge in [-0.1, -0.05) is 79.9 Å². The van der Waals surface area contributed by atoms with Crippen molar-refractivity contribution in [2.24, 2.45) is 0 Å². The molecule has 0 saturated carbocycles. The number of benzene rings is 2. The minimum atomic E-state index is -0.347. The van der Waals surface area contributed by atoms with Crippen LogP contribution in [0.4, 0.5) is 5.69 Å². The van der Waals surface area contributed by atoms with E-state index in [-0.39, 0.29) is 15.6 Å². The Morgan fingerprint density at radius 3 is 2.33 bits per heavy atom. The van der Waals surface area contributed by atoms with Crippen molar-refractivity contribution in [3.63, 3.8) is 0 Å². The molecule has 0 bridgehead atoms. The van der Waals surface area contributed by atoms with E-state index in [2.05, 4.69) is 43.2 Å². The zero-order valence-corrected chi connectivity index (χ0v) is 15.1. The van der Waals surface area contributed by atoms with E-state index in [1.165, 1.54) is 5.56 Å². The topological polar surface area (TPSA) is 29.1 Å². The molecule has 2 atom stereocenters. The summed E-state index contributed by atoms with van der Waals surface area (Å²) in [4.78, 5) is 12.0. The molecule has 1 N–H and O–H groups in total. The summed E-state index contributed by atoms with van der Waals surface area (Å²) in [5.74, 6) is -0.0623. The van der Waals surface area contributed by atoms with Crippen LogP contribution in [-0.4, -0.2) is 10.7 Å². The lowest BCUT2D eigenvalue weighted by Gasteiger charge is -2.18. The Morgan fingerprint density at radius 1 is 1.05 bits per heavy atom. The van der Waals surface area contributed by atoms with Crippen LogP contribution in [0, 0.1) is 13.8 Å². The van der Waals surface area contributed by atoms with Gasteiger partial charge >= 0.3 is 0 Å². The molecule has 0 heterocycles. The number of carbonyl (C=O) groups excluding carboxylic acids is 1. The molecule has 0 aliphatic heterocycles. The van der Waals surface area contributed by atoms with Gasteiger partial charge in [-0.05, 0) is 31.0 Å². The molecule has 0 saturated heterocycles. The average molecular weight is 411 g/mol. The van der Waals surface area contributed by atoms with Crippen LogP contribution in [0.5, 0.6) is 0 Å². The number of aryl methyl sites for hydroxylation is 2. The second-order valence-electron chi connectivity index (χ2n) is 5.02. The summed E-state index contributed by atoms with van der Waals surface area (Å²) >= 11 is 7.07. The van der Waals surface area contributed by atoms with E-state index in [4.69, 9.17) is 0 Å². The van der Waals surface area contributed by atoms with E-state index in [0.717, 1.165) is 16.8 Å². The lowest BCUT2D eigenvalue weighted by atomic mass is 10.1. The Bertz CT molecular complexity index is 628. The molecule has 0 aliphatic rings. The third-order valence-electron chi connectivity index (χ3n) is 3.27. The van der Waals surface area contributed by atoms with E-state index >= 15 is 0 Å². The van der Waals surface area contributed by atoms with E-state index in [1.807, 2.05) is 56.3 Å². The smallest absolute Gasteiger partial charge is 0.239 e. The normalized spacial score (nSPS) is 13.5. The van der Waals surface area contributed by atoms with Gasteiger partial charge in [0.2, 0.25) is 5.91 Å². The Labute approximate surface area is 142 Å². The number of alkyl halides is 2. The predicted molar refractivity (Wildman–Crippen MR) is 95.4 cm³/mol. The fourth-order valence-corrected chi connectivity index (χ4v) is 3.06. The van der Waals surface area contributed by atoms with Gasteiger partial charge in [-0.3, -0.25) is 4.79 Å². The molecular formula is C17H17Br2NO. The third kappa shape index (κ3) is 4.17. The standard InChI is InChI=1S/C17H17Br2NO/c1-11-8-9-14(12(2)10-11)20-17(21)16(19)15(18)13-6-4-3-5-7-13/h3-10,15-16H,1-2H3,(H,20,21)/t15-,16-/m1/s1. The number of rotatable bonds is 4. The fraction of sp³-hybridized carbons (Fsp3) is 0.235. The molecule has 2 rings (SSSR count). The quantitative estimate of drug-likeness (QED) is 0.694. The molecule has 110 valence electrons. The highest BCUT2D eigenvalue weighted by Gasteiger charge is 2.25. The minimum Gasteiger partial charge on any atom is -0.325 e. The minimum absolute atomic E-state index is 0.0623. The van der Waals surface area contributed by atoms with Crippen LogP contribution in [0.3, 0.4) is 0 Å². The first-order valence-electron chi connectivity index (χ1n) is 6.70. The maximum Gasteiger partial charge on any atom is 0.239 e. The Morgan fingerprint density at radius 2 is 1.71 bits per heavy atom. The molecule has 0 fully saturated rings. The first-order valence-corrected chi connectivity index (χ1v) is 8.53. The molecule has 2 aromatic carbocycles. The summed E-state index contributed by atoms with van der Waals surface area (Å²) in [6.45, 7) is 4.03. The van der Waals surface area contributed by atoms with Crippen LogP contribution >= 0.6 is 31.9 Å². The molecule has 0 aliphatic carbocycles. The van der Waals surface area contributed by atoms with Crippen LogP contribution in [-0.2, 0) is 4.79 Å². The van der Waals surface area contributed by atoms with Gasteiger partial charge in [0.1, 0.15) is 4.83 Å². The van der Waals surface area contributed by atoms with Gasteiger partial charge in [0.05, 0.1) is 4.83 Å². The second kappa shape index (κ2) is 7.23. The van der Waals surface area contributed by atoms with Crippen molar-refractivity contribution in [2.75, 3.05) is 5.32 Å². The molecule has 2 aromatic rings. The van der Waals surface area contributed by atoms with Gasteiger partial charge in [0, 0.05) is 5.69 Å². The molecule has 2 nitrogen and oxygen atoms in total. The lowest BCUT2D eigenvalue weighted by Crippen LogP contribution is -2.26. The van der Waals surface area contributed by atoms with Crippen LogP contribution < -0.4 is 5.32 Å². The number of nitrogens with one attached hydrogen (secondary N) is 1. The fourth-order valence-electron chi connectivity index (χ4n) is 2.09. The Balaban J connectivity index is 2.09. The SMILES string of the molecule is Cc1ccc(NC(=O)[C@H](Br)[C@H](Br)c2ccccc2)c(C)c1. The second-order valence-corrected chi connectivity index (χ2v) is 6.99. The molecule has 21 heavy (non-hydrogen) atoms. The summed E-state index contributed by atoms with van der Waals surface area (Å²) in [5.41, 5.74) is 4.16. The molecule has 1 amide bonds. The van der Waals surface area contributed by atoms with Crippen molar-refractivity contribution >= 4 is 43.5 Å². The van der Waals surface area contributed by atoms with E-state index < -0.39 is 0 Å². The van der Waals surface area contributed by atoms with Gasteiger partial charge in [-0.2, -0.15) is 0 Å². The van der Waals surface area contributed by atoms with Crippen LogP contribution in [0.2, 0.25) is 0 Å². The predicted octanol–water partition coefficient (Wildman–Crippen LogP) is 5.14. The van der Waals surface area contributed by atoms with Gasteiger partial charge in [-0.15, -0.1) is 0 Å². The summed E-state index contributed by atoms with van der Waals surface area (Å²) in [7, 11) is 0. The molecule has 0 radical (unpaired) electrons. The van der Waals surface area contributed by atoms with E-state index in [1.54, 1.807) is 0 Å². The van der Waals surface area contributed by atoms with E-state index in [0.29, 0.717) is 0 Å². The van der Waals surface area contributed by atoms with Crippen molar-refractivity contribution < 1.29 is 4.79 Å². The number of amides is 1. The van der Waals surface area contributed by atoms with Crippen molar-refractivity contribution in [1.29, 1.82) is 0 Å². The first-order chi connectivity index (χ1) is 9.99. The van der Waals surface area contributed by atoms with Crippen LogP contribution in [0.15, 0.2) is 48.5 Å². The largest absolute Gasteiger partial charge is 0.325 e. The highest BCUT2D eigenvalue weighted by molar-refractivity contribution is 9.12. The van der Waals surface area contributed by atoms with Crippen LogP contribution in [0.1, 0.15) is 21.5 Å². The van der Waals surface area contributed by atoms with Crippen molar-refractivity contribution in [3.05, 3.63) is 65.2 Å². The molecule has 0 unspecified atom stereocenters. The summed E-state index contributed by atoms with van der Waals surface area (Å²) in [6.07, 6.45) is 0. The lowest BCUT2D eigenvalue weighted by molar-refractivity contribution is -0.115. The highest BCUT2D eigenvalue weighted by Crippen LogP contribution is 2.32. The maximum absolute atomic E-state index is 12.4. The number of halogens is 2. The van der Waals surface area contributed by atoms with Gasteiger partial charge in [-0.25, -0.2) is 0 Å². The summed E-state index contributed by atoms with van der Waals surface area (Å²) in [5, 5.41) is 2.97. The Kier molecular flexibility index (Phi) is 5.59. The average Bonchev–Trinajstić information content (AvgIpc) is 2.49. The summed E-state index contributed by atoms with van der Waals surface area (Å²) < 4.78 is 0. The summed E-state index contributed by atoms with van der Waals surface area (Å²) in [6, 6.07) is 15.9. The third-order valence-corrected chi connectivity index (χ3v) is 5.98. The first kappa shape index (κ1) is 16.2. The van der Waals surface area contributed by atoms with Crippen LogP contribution in [0.25, 0.3) is 0 Å². The molecule has 4 heteroatoms. The zero-order chi connectivity index (χ0) is 15.4. The van der Waals surface area contributed by atoms with Gasteiger partial charge < -0.3 is 5.32 Å². The molecule has 0 aromatic heterocycles. The van der Waals surface area contributed by atoms with Gasteiger partial charge in [0.15, 0.2) is 0 Å². The van der Waals surface area contributed by atoms with E-state index in [9.17, 15) is 4.79 Å². The Hall–Kier alpha value is -1.13. The molecule has 0 spiro atoms. The van der Waals surface area contributed by atoms with Crippen molar-refractivity contribution in [1.82, 2.24) is 0 Å². The number of hydrogen-bond acceptors (Lipinski definition) is 1. The number of hydrogen-bond donors (Lipinski definition) is 1.